The van der Waals surface area contributed by atoms with Gasteiger partial charge in [-0.15, -0.1) is 0 Å². The second-order valence-corrected chi connectivity index (χ2v) is 5.69. The van der Waals surface area contributed by atoms with Crippen LogP contribution in [0.1, 0.15) is 42.1 Å². The van der Waals surface area contributed by atoms with Crippen molar-refractivity contribution < 1.29 is 14.3 Å². The predicted octanol–water partition coefficient (Wildman–Crippen LogP) is 3.78. The fraction of sp³-hybridized carbons (Fsp3) is 0.316. The summed E-state index contributed by atoms with van der Waals surface area (Å²) in [6, 6.07) is 8.74. The summed E-state index contributed by atoms with van der Waals surface area (Å²) in [6.07, 6.45) is 3.83. The number of methoxy groups -OCH3 is 1. The topological polar surface area (TPSA) is 80.3 Å². The van der Waals surface area contributed by atoms with Gasteiger partial charge in [-0.3, -0.25) is 9.59 Å². The Morgan fingerprint density at radius 3 is 2.64 bits per heavy atom. The molecule has 132 valence electrons. The summed E-state index contributed by atoms with van der Waals surface area (Å²) in [5.41, 5.74) is 1.84. The predicted molar refractivity (Wildman–Crippen MR) is 98.1 cm³/mol. The maximum Gasteiger partial charge on any atom is 0.259 e. The van der Waals surface area contributed by atoms with Gasteiger partial charge >= 0.3 is 0 Å². The first-order valence-corrected chi connectivity index (χ1v) is 8.26. The van der Waals surface area contributed by atoms with E-state index in [0.717, 1.165) is 18.4 Å². The molecule has 2 amide bonds. The number of hydrogen-bond donors (Lipinski definition) is 2. The van der Waals surface area contributed by atoms with Crippen molar-refractivity contribution in [1.82, 2.24) is 4.98 Å². The Bertz CT molecular complexity index is 759. The minimum atomic E-state index is -0.276. The zero-order valence-corrected chi connectivity index (χ0v) is 14.8. The molecule has 1 heterocycles. The van der Waals surface area contributed by atoms with Crippen LogP contribution in [-0.2, 0) is 4.79 Å². The fourth-order valence-corrected chi connectivity index (χ4v) is 2.32. The monoisotopic (exact) mass is 341 g/mol. The van der Waals surface area contributed by atoms with Crippen molar-refractivity contribution in [1.29, 1.82) is 0 Å². The number of nitrogens with one attached hydrogen (secondary N) is 2. The average molecular weight is 341 g/mol. The number of pyridine rings is 1. The van der Waals surface area contributed by atoms with Crippen molar-refractivity contribution in [2.24, 2.45) is 0 Å². The van der Waals surface area contributed by atoms with E-state index in [1.54, 1.807) is 30.3 Å². The lowest BCUT2D eigenvalue weighted by Crippen LogP contribution is -2.15. The number of para-hydroxylation sites is 1. The molecule has 0 spiro atoms. The summed E-state index contributed by atoms with van der Waals surface area (Å²) >= 11 is 0. The molecule has 0 saturated carbocycles. The van der Waals surface area contributed by atoms with Crippen LogP contribution in [0.5, 0.6) is 5.75 Å². The minimum absolute atomic E-state index is 0.0560. The molecule has 0 radical (unpaired) electrons. The summed E-state index contributed by atoms with van der Waals surface area (Å²) < 4.78 is 5.21. The van der Waals surface area contributed by atoms with Crippen molar-refractivity contribution in [3.8, 4) is 5.75 Å². The third-order valence-electron chi connectivity index (χ3n) is 3.74. The van der Waals surface area contributed by atoms with Gasteiger partial charge in [-0.05, 0) is 37.1 Å². The van der Waals surface area contributed by atoms with Gasteiger partial charge in [0, 0.05) is 6.42 Å². The van der Waals surface area contributed by atoms with Gasteiger partial charge in [0.05, 0.1) is 24.6 Å². The Kier molecular flexibility index (Phi) is 6.51. The normalized spacial score (nSPS) is 10.2. The number of amides is 2. The van der Waals surface area contributed by atoms with Crippen LogP contribution in [0.4, 0.5) is 11.5 Å². The Labute approximate surface area is 147 Å². The van der Waals surface area contributed by atoms with Gasteiger partial charge in [0.15, 0.2) is 0 Å². The number of carbonyl (C=O) groups is 2. The van der Waals surface area contributed by atoms with Gasteiger partial charge in [-0.2, -0.15) is 0 Å². The SMILES string of the molecule is CCCCC(=O)Nc1cc(C)c(NC(=O)c2ccccc2OC)cn1. The van der Waals surface area contributed by atoms with Gasteiger partial charge in [-0.1, -0.05) is 25.5 Å². The van der Waals surface area contributed by atoms with E-state index in [9.17, 15) is 9.59 Å². The molecule has 2 N–H and O–H groups in total. The molecule has 0 bridgehead atoms. The lowest BCUT2D eigenvalue weighted by molar-refractivity contribution is -0.116. The van der Waals surface area contributed by atoms with Crippen LogP contribution in [0.25, 0.3) is 0 Å². The number of aromatic nitrogens is 1. The van der Waals surface area contributed by atoms with E-state index in [4.69, 9.17) is 4.74 Å². The lowest BCUT2D eigenvalue weighted by Gasteiger charge is -2.12. The smallest absolute Gasteiger partial charge is 0.259 e. The molecular weight excluding hydrogens is 318 g/mol. The quantitative estimate of drug-likeness (QED) is 0.803. The highest BCUT2D eigenvalue weighted by Crippen LogP contribution is 2.21. The van der Waals surface area contributed by atoms with Crippen LogP contribution in [0.15, 0.2) is 36.5 Å². The number of rotatable bonds is 7. The lowest BCUT2D eigenvalue weighted by atomic mass is 10.1. The first-order chi connectivity index (χ1) is 12.0. The second-order valence-electron chi connectivity index (χ2n) is 5.69. The molecule has 0 fully saturated rings. The van der Waals surface area contributed by atoms with E-state index < -0.39 is 0 Å². The van der Waals surface area contributed by atoms with Crippen LogP contribution < -0.4 is 15.4 Å². The molecule has 2 aromatic rings. The minimum Gasteiger partial charge on any atom is -0.496 e. The van der Waals surface area contributed by atoms with Crippen LogP contribution in [0.2, 0.25) is 0 Å². The highest BCUT2D eigenvalue weighted by molar-refractivity contribution is 6.06. The van der Waals surface area contributed by atoms with Crippen LogP contribution in [-0.4, -0.2) is 23.9 Å². The Balaban J connectivity index is 2.08. The molecule has 1 aromatic carbocycles. The van der Waals surface area contributed by atoms with Gasteiger partial charge in [0.1, 0.15) is 11.6 Å². The van der Waals surface area contributed by atoms with Gasteiger partial charge in [-0.25, -0.2) is 4.98 Å². The molecular formula is C19H23N3O3. The summed E-state index contributed by atoms with van der Waals surface area (Å²) in [6.45, 7) is 3.89. The molecule has 25 heavy (non-hydrogen) atoms. The third-order valence-corrected chi connectivity index (χ3v) is 3.74. The number of carbonyl (C=O) groups excluding carboxylic acids is 2. The van der Waals surface area contributed by atoms with E-state index in [2.05, 4.69) is 15.6 Å². The summed E-state index contributed by atoms with van der Waals surface area (Å²) in [7, 11) is 1.52. The van der Waals surface area contributed by atoms with Crippen molar-refractivity contribution in [2.75, 3.05) is 17.7 Å². The zero-order chi connectivity index (χ0) is 18.2. The highest BCUT2D eigenvalue weighted by Gasteiger charge is 2.13. The highest BCUT2D eigenvalue weighted by atomic mass is 16.5. The van der Waals surface area contributed by atoms with Crippen molar-refractivity contribution in [3.63, 3.8) is 0 Å². The standard InChI is InChI=1S/C19H23N3O3/c1-4-5-10-18(23)22-17-11-13(2)15(12-20-17)21-19(24)14-8-6-7-9-16(14)25-3/h6-9,11-12H,4-5,10H2,1-3H3,(H,21,24)(H,20,22,23). The van der Waals surface area contributed by atoms with E-state index in [-0.39, 0.29) is 11.8 Å². The first-order valence-electron chi connectivity index (χ1n) is 8.26. The summed E-state index contributed by atoms with van der Waals surface area (Å²) in [5, 5.41) is 5.59. The van der Waals surface area contributed by atoms with Gasteiger partial charge < -0.3 is 15.4 Å². The number of nitrogens with zero attached hydrogens (tertiary/aromatic N) is 1. The number of anilines is 2. The molecule has 6 nitrogen and oxygen atoms in total. The molecule has 0 saturated heterocycles. The third kappa shape index (κ3) is 5.04. The maximum absolute atomic E-state index is 12.4. The first kappa shape index (κ1) is 18.4. The summed E-state index contributed by atoms with van der Waals surface area (Å²) in [5.74, 6) is 0.654. The maximum atomic E-state index is 12.4. The van der Waals surface area contributed by atoms with Crippen LogP contribution >= 0.6 is 0 Å². The molecule has 2 rings (SSSR count). The number of unbranched alkanes of at least 4 members (excludes halogenated alkanes) is 1. The summed E-state index contributed by atoms with van der Waals surface area (Å²) in [4.78, 5) is 28.4. The van der Waals surface area contributed by atoms with Crippen molar-refractivity contribution in [3.05, 3.63) is 47.7 Å². The Hall–Kier alpha value is -2.89. The number of benzene rings is 1. The zero-order valence-electron chi connectivity index (χ0n) is 14.8. The Morgan fingerprint density at radius 1 is 1.20 bits per heavy atom. The van der Waals surface area contributed by atoms with Gasteiger partial charge in [0.2, 0.25) is 5.91 Å². The number of aryl methyl sites for hydroxylation is 1. The molecule has 0 aliphatic carbocycles. The van der Waals surface area contributed by atoms with E-state index in [0.29, 0.717) is 29.2 Å². The molecule has 0 aliphatic heterocycles. The Morgan fingerprint density at radius 2 is 1.96 bits per heavy atom. The number of ether oxygens (including phenoxy) is 1. The van der Waals surface area contributed by atoms with E-state index >= 15 is 0 Å². The number of hydrogen-bond acceptors (Lipinski definition) is 4. The molecule has 1 aromatic heterocycles. The van der Waals surface area contributed by atoms with E-state index in [1.807, 2.05) is 13.8 Å². The van der Waals surface area contributed by atoms with Crippen LogP contribution in [0.3, 0.4) is 0 Å². The van der Waals surface area contributed by atoms with Gasteiger partial charge in [0.25, 0.3) is 5.91 Å². The van der Waals surface area contributed by atoms with Crippen LogP contribution in [0, 0.1) is 6.92 Å². The fourth-order valence-electron chi connectivity index (χ4n) is 2.32. The van der Waals surface area contributed by atoms with Crippen molar-refractivity contribution >= 4 is 23.3 Å². The second kappa shape index (κ2) is 8.82. The molecule has 0 unspecified atom stereocenters. The molecule has 0 aliphatic rings. The molecule has 0 atom stereocenters. The van der Waals surface area contributed by atoms with E-state index in [1.165, 1.54) is 13.3 Å². The largest absolute Gasteiger partial charge is 0.496 e. The van der Waals surface area contributed by atoms with Crippen molar-refractivity contribution in [2.45, 2.75) is 33.1 Å². The molecule has 6 heteroatoms. The average Bonchev–Trinajstić information content (AvgIpc) is 2.62.